The number of hydrogen-bond donors (Lipinski definition) is 7. The second-order valence-corrected chi connectivity index (χ2v) is 3.78. The van der Waals surface area contributed by atoms with Gasteiger partial charge in [0.15, 0.2) is 0 Å². The quantitative estimate of drug-likeness (QED) is 0.186. The summed E-state index contributed by atoms with van der Waals surface area (Å²) in [7, 11) is 0. The zero-order valence-electron chi connectivity index (χ0n) is 7.43. The summed E-state index contributed by atoms with van der Waals surface area (Å²) in [4.78, 5) is 0. The van der Waals surface area contributed by atoms with Gasteiger partial charge in [0.1, 0.15) is 0 Å². The van der Waals surface area contributed by atoms with Gasteiger partial charge in [-0.3, -0.25) is 0 Å². The van der Waals surface area contributed by atoms with Gasteiger partial charge >= 0.3 is 0 Å². The molecule has 1 fully saturated rings. The molecule has 0 aliphatic heterocycles. The third-order valence-electron chi connectivity index (χ3n) is 2.87. The highest BCUT2D eigenvalue weighted by molar-refractivity contribution is 5.15. The monoisotopic (exact) mass is 189 g/mol. The van der Waals surface area contributed by atoms with E-state index in [9.17, 15) is 0 Å². The van der Waals surface area contributed by atoms with Gasteiger partial charge in [0, 0.05) is 18.1 Å². The molecule has 0 aromatic carbocycles. The van der Waals surface area contributed by atoms with E-state index in [1.165, 1.54) is 0 Å². The molecule has 0 saturated heterocycles. The molecule has 4 atom stereocenters. The largest absolute Gasteiger partial charge is 0.325 e. The fraction of sp³-hybridized carbons (Fsp3) is 1.00. The third kappa shape index (κ3) is 1.44. The fourth-order valence-electron chi connectivity index (χ4n) is 1.62. The molecule has 78 valence electrons. The molecule has 0 heterocycles. The van der Waals surface area contributed by atoms with Crippen LogP contribution in [0.3, 0.4) is 0 Å². The Morgan fingerprint density at radius 1 is 0.615 bits per heavy atom. The van der Waals surface area contributed by atoms with Crippen molar-refractivity contribution in [3.8, 4) is 0 Å². The molecule has 13 heavy (non-hydrogen) atoms. The lowest BCUT2D eigenvalue weighted by Gasteiger charge is -2.50. The minimum absolute atomic E-state index is 0.467. The zero-order valence-corrected chi connectivity index (χ0v) is 7.43. The fourth-order valence-corrected chi connectivity index (χ4v) is 1.62. The van der Waals surface area contributed by atoms with E-state index in [2.05, 4.69) is 0 Å². The summed E-state index contributed by atoms with van der Waals surface area (Å²) in [5.74, 6) is 0. The molecule has 0 aromatic heterocycles. The first-order valence-corrected chi connectivity index (χ1v) is 4.15. The van der Waals surface area contributed by atoms with E-state index in [1.54, 1.807) is 0 Å². The first-order valence-electron chi connectivity index (χ1n) is 4.15. The molecule has 4 unspecified atom stereocenters. The smallest absolute Gasteiger partial charge is 0.0979 e. The number of rotatable bonds is 0. The van der Waals surface area contributed by atoms with Crippen LogP contribution in [-0.2, 0) is 0 Å². The van der Waals surface area contributed by atoms with Crippen LogP contribution < -0.4 is 40.1 Å². The first-order chi connectivity index (χ1) is 5.80. The summed E-state index contributed by atoms with van der Waals surface area (Å²) in [6, 6.07) is -2.80. The van der Waals surface area contributed by atoms with E-state index < -0.39 is 35.9 Å². The van der Waals surface area contributed by atoms with E-state index in [1.807, 2.05) is 0 Å². The minimum atomic E-state index is -1.26. The van der Waals surface area contributed by atoms with Crippen molar-refractivity contribution in [2.24, 2.45) is 40.1 Å². The highest BCUT2D eigenvalue weighted by Gasteiger charge is 2.49. The lowest BCUT2D eigenvalue weighted by molar-refractivity contribution is 0.157. The van der Waals surface area contributed by atoms with Gasteiger partial charge in [0.2, 0.25) is 0 Å². The number of hydrogen-bond acceptors (Lipinski definition) is 7. The average molecular weight is 189 g/mol. The molecule has 1 aliphatic rings. The molecule has 0 aromatic rings. The van der Waals surface area contributed by atoms with Crippen molar-refractivity contribution in [2.75, 3.05) is 0 Å². The van der Waals surface area contributed by atoms with Gasteiger partial charge in [-0.05, 0) is 0 Å². The van der Waals surface area contributed by atoms with Gasteiger partial charge < -0.3 is 40.1 Å². The summed E-state index contributed by atoms with van der Waals surface area (Å²) >= 11 is 0. The maximum absolute atomic E-state index is 5.72. The highest BCUT2D eigenvalue weighted by Crippen LogP contribution is 2.18. The van der Waals surface area contributed by atoms with E-state index in [4.69, 9.17) is 40.1 Å². The molecule has 0 spiro atoms. The van der Waals surface area contributed by atoms with Gasteiger partial charge in [0.25, 0.3) is 0 Å². The van der Waals surface area contributed by atoms with Crippen LogP contribution in [0.15, 0.2) is 0 Å². The Hall–Kier alpha value is -0.280. The number of nitrogens with two attached hydrogens (primary N) is 7. The zero-order chi connectivity index (χ0) is 10.4. The summed E-state index contributed by atoms with van der Waals surface area (Å²) in [5.41, 5.74) is 38.7. The topological polar surface area (TPSA) is 182 Å². The van der Waals surface area contributed by atoms with Crippen molar-refractivity contribution in [1.82, 2.24) is 0 Å². The maximum Gasteiger partial charge on any atom is 0.0979 e. The van der Waals surface area contributed by atoms with Crippen LogP contribution in [0.25, 0.3) is 0 Å². The Labute approximate surface area is 76.9 Å². The predicted molar refractivity (Wildman–Crippen MR) is 51.0 cm³/mol. The standard InChI is InChI=1S/C6H19N7/c7-1-2(8)4(10)6(12,13)5(11)3(1)9/h1-5H,7-13H2. The van der Waals surface area contributed by atoms with Gasteiger partial charge in [-0.1, -0.05) is 0 Å². The molecule has 7 heteroatoms. The van der Waals surface area contributed by atoms with E-state index >= 15 is 0 Å². The Balaban J connectivity index is 2.93. The summed E-state index contributed by atoms with van der Waals surface area (Å²) in [6.45, 7) is 0. The molecule has 0 bridgehead atoms. The molecule has 14 N–H and O–H groups in total. The van der Waals surface area contributed by atoms with Crippen molar-refractivity contribution < 1.29 is 0 Å². The van der Waals surface area contributed by atoms with E-state index in [0.717, 1.165) is 0 Å². The normalized spacial score (nSPS) is 50.5. The van der Waals surface area contributed by atoms with Gasteiger partial charge in [0.05, 0.1) is 17.7 Å². The van der Waals surface area contributed by atoms with Gasteiger partial charge in [-0.15, -0.1) is 0 Å². The Kier molecular flexibility index (Phi) is 2.61. The van der Waals surface area contributed by atoms with Crippen LogP contribution in [0, 0.1) is 0 Å². The second kappa shape index (κ2) is 3.14. The summed E-state index contributed by atoms with van der Waals surface area (Å²) in [6.07, 6.45) is 0. The molecular formula is C6H19N7. The molecule has 1 rings (SSSR count). The van der Waals surface area contributed by atoms with E-state index in [-0.39, 0.29) is 0 Å². The molecule has 0 amide bonds. The second-order valence-electron chi connectivity index (χ2n) is 3.78. The Bertz CT molecular complexity index is 175. The van der Waals surface area contributed by atoms with Crippen molar-refractivity contribution in [1.29, 1.82) is 0 Å². The lowest BCUT2D eigenvalue weighted by Crippen LogP contribution is -2.86. The summed E-state index contributed by atoms with van der Waals surface area (Å²) in [5, 5.41) is 0. The lowest BCUT2D eigenvalue weighted by atomic mass is 9.73. The maximum atomic E-state index is 5.72. The van der Waals surface area contributed by atoms with Crippen LogP contribution >= 0.6 is 0 Å². The minimum Gasteiger partial charge on any atom is -0.325 e. The molecular weight excluding hydrogens is 170 g/mol. The van der Waals surface area contributed by atoms with Crippen molar-refractivity contribution in [3.05, 3.63) is 0 Å². The van der Waals surface area contributed by atoms with Crippen molar-refractivity contribution >= 4 is 0 Å². The third-order valence-corrected chi connectivity index (χ3v) is 2.87. The molecule has 1 aliphatic carbocycles. The van der Waals surface area contributed by atoms with E-state index in [0.29, 0.717) is 0 Å². The average Bonchev–Trinajstić information content (AvgIpc) is 2.09. The van der Waals surface area contributed by atoms with Gasteiger partial charge in [-0.25, -0.2) is 0 Å². The van der Waals surface area contributed by atoms with Gasteiger partial charge in [-0.2, -0.15) is 0 Å². The molecule has 7 nitrogen and oxygen atoms in total. The highest BCUT2D eigenvalue weighted by atomic mass is 15.1. The van der Waals surface area contributed by atoms with Crippen LogP contribution in [0.1, 0.15) is 0 Å². The van der Waals surface area contributed by atoms with Crippen molar-refractivity contribution in [3.63, 3.8) is 0 Å². The van der Waals surface area contributed by atoms with Crippen LogP contribution in [0.2, 0.25) is 0 Å². The predicted octanol–water partition coefficient (Wildman–Crippen LogP) is -4.75. The van der Waals surface area contributed by atoms with Crippen LogP contribution in [0.5, 0.6) is 0 Å². The first kappa shape index (κ1) is 10.8. The molecule has 1 saturated carbocycles. The Morgan fingerprint density at radius 3 is 1.23 bits per heavy atom. The Morgan fingerprint density at radius 2 is 0.923 bits per heavy atom. The molecule has 0 radical (unpaired) electrons. The summed E-state index contributed by atoms with van der Waals surface area (Å²) < 4.78 is 0. The van der Waals surface area contributed by atoms with Crippen molar-refractivity contribution in [2.45, 2.75) is 35.9 Å². The SMILES string of the molecule is NC1C(N)C(N)C(N)(N)C(N)C1N. The van der Waals surface area contributed by atoms with Crippen LogP contribution in [0.4, 0.5) is 0 Å². The van der Waals surface area contributed by atoms with Crippen LogP contribution in [-0.4, -0.2) is 35.9 Å².